The molecule has 0 spiro atoms. The van der Waals surface area contributed by atoms with Crippen molar-refractivity contribution >= 4 is 50.1 Å². The molecule has 3 aromatic heterocycles. The van der Waals surface area contributed by atoms with Gasteiger partial charge in [-0.3, -0.25) is 14.3 Å². The Morgan fingerprint density at radius 3 is 2.75 bits per heavy atom. The molecule has 0 fully saturated rings. The number of rotatable bonds is 6. The SMILES string of the molecule is COC(=O)c1sc(NC(=O)c2ccc(Cn3cc(Br)cn3)o2)c(C(N)=O)c1C. The summed E-state index contributed by atoms with van der Waals surface area (Å²) in [6.07, 6.45) is 3.41. The number of methoxy groups -OCH3 is 1. The first-order valence-corrected chi connectivity index (χ1v) is 9.50. The number of hydrogen-bond acceptors (Lipinski definition) is 7. The van der Waals surface area contributed by atoms with Crippen LogP contribution < -0.4 is 11.1 Å². The lowest BCUT2D eigenvalue weighted by Gasteiger charge is -2.03. The smallest absolute Gasteiger partial charge is 0.348 e. The molecule has 0 aliphatic rings. The first kappa shape index (κ1) is 19.8. The molecule has 0 radical (unpaired) electrons. The zero-order valence-corrected chi connectivity index (χ0v) is 17.2. The van der Waals surface area contributed by atoms with Crippen LogP contribution in [0, 0.1) is 6.92 Å². The number of aromatic nitrogens is 2. The van der Waals surface area contributed by atoms with Crippen molar-refractivity contribution in [2.75, 3.05) is 12.4 Å². The van der Waals surface area contributed by atoms with Gasteiger partial charge in [0, 0.05) is 6.20 Å². The van der Waals surface area contributed by atoms with Crippen molar-refractivity contribution in [1.29, 1.82) is 0 Å². The van der Waals surface area contributed by atoms with Gasteiger partial charge >= 0.3 is 5.97 Å². The Hall–Kier alpha value is -2.92. The molecule has 0 saturated heterocycles. The second-order valence-electron chi connectivity index (χ2n) is 5.69. The molecule has 3 heterocycles. The van der Waals surface area contributed by atoms with Crippen LogP contribution in [0.25, 0.3) is 0 Å². The third kappa shape index (κ3) is 3.99. The molecule has 0 unspecified atom stereocenters. The molecule has 9 nitrogen and oxygen atoms in total. The maximum Gasteiger partial charge on any atom is 0.348 e. The molecule has 28 heavy (non-hydrogen) atoms. The Morgan fingerprint density at radius 2 is 2.14 bits per heavy atom. The van der Waals surface area contributed by atoms with Gasteiger partial charge in [-0.2, -0.15) is 5.10 Å². The van der Waals surface area contributed by atoms with Crippen LogP contribution in [-0.2, 0) is 11.3 Å². The molecule has 3 N–H and O–H groups in total. The van der Waals surface area contributed by atoms with Gasteiger partial charge in [0.15, 0.2) is 5.76 Å². The van der Waals surface area contributed by atoms with Crippen LogP contribution in [0.2, 0.25) is 0 Å². The van der Waals surface area contributed by atoms with Crippen LogP contribution in [0.15, 0.2) is 33.4 Å². The number of primary amides is 1. The lowest BCUT2D eigenvalue weighted by molar-refractivity contribution is 0.0605. The van der Waals surface area contributed by atoms with Crippen LogP contribution in [0.3, 0.4) is 0 Å². The van der Waals surface area contributed by atoms with E-state index in [1.165, 1.54) is 13.2 Å². The number of halogens is 1. The third-order valence-electron chi connectivity index (χ3n) is 3.80. The molecule has 146 valence electrons. The number of thiophene rings is 1. The quantitative estimate of drug-likeness (QED) is 0.537. The molecular formula is C17H15BrN4O5S. The number of ether oxygens (including phenoxy) is 1. The van der Waals surface area contributed by atoms with Gasteiger partial charge in [-0.1, -0.05) is 0 Å². The first-order valence-electron chi connectivity index (χ1n) is 7.89. The first-order chi connectivity index (χ1) is 13.3. The van der Waals surface area contributed by atoms with Gasteiger partial charge in [0.2, 0.25) is 0 Å². The number of anilines is 1. The summed E-state index contributed by atoms with van der Waals surface area (Å²) >= 11 is 4.22. The van der Waals surface area contributed by atoms with Gasteiger partial charge in [-0.25, -0.2) is 4.79 Å². The van der Waals surface area contributed by atoms with Gasteiger partial charge in [0.25, 0.3) is 11.8 Å². The normalized spacial score (nSPS) is 10.7. The minimum atomic E-state index is -0.761. The monoisotopic (exact) mass is 466 g/mol. The fourth-order valence-electron chi connectivity index (χ4n) is 2.52. The van der Waals surface area contributed by atoms with Crippen LogP contribution >= 0.6 is 27.3 Å². The zero-order valence-electron chi connectivity index (χ0n) is 14.8. The number of furan rings is 1. The molecule has 0 bridgehead atoms. The predicted molar refractivity (Wildman–Crippen MR) is 105 cm³/mol. The van der Waals surface area contributed by atoms with Crippen LogP contribution in [-0.4, -0.2) is 34.7 Å². The second kappa shape index (κ2) is 7.98. The van der Waals surface area contributed by atoms with E-state index in [9.17, 15) is 14.4 Å². The Kier molecular flexibility index (Phi) is 5.66. The van der Waals surface area contributed by atoms with Gasteiger partial charge in [0.05, 0.1) is 29.9 Å². The number of nitrogens with one attached hydrogen (secondary N) is 1. The summed E-state index contributed by atoms with van der Waals surface area (Å²) in [4.78, 5) is 36.3. The topological polar surface area (TPSA) is 129 Å². The minimum absolute atomic E-state index is 0.0438. The van der Waals surface area contributed by atoms with E-state index in [4.69, 9.17) is 14.9 Å². The maximum absolute atomic E-state index is 12.5. The van der Waals surface area contributed by atoms with Crippen molar-refractivity contribution in [2.24, 2.45) is 5.73 Å². The number of nitrogens with two attached hydrogens (primary N) is 1. The van der Waals surface area contributed by atoms with Crippen molar-refractivity contribution in [3.05, 3.63) is 56.5 Å². The van der Waals surface area contributed by atoms with Crippen molar-refractivity contribution < 1.29 is 23.5 Å². The Bertz CT molecular complexity index is 1070. The van der Waals surface area contributed by atoms with E-state index < -0.39 is 17.8 Å². The number of carbonyl (C=O) groups is 3. The minimum Gasteiger partial charge on any atom is -0.465 e. The standard InChI is InChI=1S/C17H15BrN4O5S/c1-8-12(14(19)23)16(28-13(8)17(25)26-2)21-15(24)11-4-3-10(27-11)7-22-6-9(18)5-20-22/h3-6H,7H2,1-2H3,(H2,19,23)(H,21,24). The van der Waals surface area contributed by atoms with E-state index in [0.29, 0.717) is 17.9 Å². The average Bonchev–Trinajstić information content (AvgIpc) is 3.34. The lowest BCUT2D eigenvalue weighted by atomic mass is 10.1. The van der Waals surface area contributed by atoms with E-state index in [2.05, 4.69) is 26.3 Å². The highest BCUT2D eigenvalue weighted by atomic mass is 79.9. The highest BCUT2D eigenvalue weighted by molar-refractivity contribution is 9.10. The van der Waals surface area contributed by atoms with Crippen LogP contribution in [0.4, 0.5) is 5.00 Å². The number of nitrogens with zero attached hydrogens (tertiary/aromatic N) is 2. The van der Waals surface area contributed by atoms with E-state index in [0.717, 1.165) is 15.8 Å². The van der Waals surface area contributed by atoms with Crippen LogP contribution in [0.5, 0.6) is 0 Å². The van der Waals surface area contributed by atoms with Gasteiger partial charge < -0.3 is 20.2 Å². The molecule has 11 heteroatoms. The summed E-state index contributed by atoms with van der Waals surface area (Å²) in [6, 6.07) is 3.16. The van der Waals surface area contributed by atoms with E-state index in [1.807, 2.05) is 0 Å². The number of carbonyl (C=O) groups excluding carboxylic acids is 3. The summed E-state index contributed by atoms with van der Waals surface area (Å²) in [7, 11) is 1.23. The number of amides is 2. The van der Waals surface area contributed by atoms with Crippen molar-refractivity contribution in [3.63, 3.8) is 0 Å². The Labute approximate surface area is 171 Å². The fourth-order valence-corrected chi connectivity index (χ4v) is 3.97. The van der Waals surface area contributed by atoms with E-state index >= 15 is 0 Å². The molecule has 0 aromatic carbocycles. The summed E-state index contributed by atoms with van der Waals surface area (Å²) in [5.74, 6) is -1.39. The summed E-state index contributed by atoms with van der Waals surface area (Å²) in [5, 5.41) is 6.85. The molecule has 0 atom stereocenters. The maximum atomic E-state index is 12.5. The largest absolute Gasteiger partial charge is 0.465 e. The Morgan fingerprint density at radius 1 is 1.39 bits per heavy atom. The van der Waals surface area contributed by atoms with Crippen molar-refractivity contribution in [3.8, 4) is 0 Å². The molecule has 0 saturated carbocycles. The van der Waals surface area contributed by atoms with Crippen molar-refractivity contribution in [1.82, 2.24) is 9.78 Å². The Balaban J connectivity index is 1.81. The number of esters is 1. The summed E-state index contributed by atoms with van der Waals surface area (Å²) in [5.41, 5.74) is 5.82. The molecular weight excluding hydrogens is 452 g/mol. The van der Waals surface area contributed by atoms with E-state index in [-0.39, 0.29) is 21.2 Å². The molecule has 3 rings (SSSR count). The van der Waals surface area contributed by atoms with Crippen LogP contribution in [0.1, 0.15) is 41.9 Å². The molecule has 2 amide bonds. The van der Waals surface area contributed by atoms with Gasteiger partial charge in [0.1, 0.15) is 15.6 Å². The van der Waals surface area contributed by atoms with Gasteiger partial charge in [-0.05, 0) is 40.5 Å². The summed E-state index contributed by atoms with van der Waals surface area (Å²) < 4.78 is 12.7. The fraction of sp³-hybridized carbons (Fsp3) is 0.176. The highest BCUT2D eigenvalue weighted by Gasteiger charge is 2.25. The van der Waals surface area contributed by atoms with Gasteiger partial charge in [-0.15, -0.1) is 11.3 Å². The molecule has 3 aromatic rings. The average molecular weight is 467 g/mol. The lowest BCUT2D eigenvalue weighted by Crippen LogP contribution is -2.17. The van der Waals surface area contributed by atoms with Crippen molar-refractivity contribution in [2.45, 2.75) is 13.5 Å². The van der Waals surface area contributed by atoms with E-state index in [1.54, 1.807) is 30.1 Å². The third-order valence-corrected chi connectivity index (χ3v) is 5.39. The molecule has 0 aliphatic heterocycles. The highest BCUT2D eigenvalue weighted by Crippen LogP contribution is 2.33. The summed E-state index contributed by atoms with van der Waals surface area (Å²) in [6.45, 7) is 1.90. The number of hydrogen-bond donors (Lipinski definition) is 2. The zero-order chi connectivity index (χ0) is 20.4. The molecule has 0 aliphatic carbocycles. The second-order valence-corrected chi connectivity index (χ2v) is 7.63. The predicted octanol–water partition coefficient (Wildman–Crippen LogP) is 2.79.